The number of rotatable bonds is 4. The van der Waals surface area contributed by atoms with Gasteiger partial charge in [0.1, 0.15) is 6.61 Å². The molecule has 0 aliphatic heterocycles. The largest absolute Gasteiger partial charge is 0.375 e. The van der Waals surface area contributed by atoms with Crippen molar-refractivity contribution in [2.45, 2.75) is 0 Å². The molecule has 18 heavy (non-hydrogen) atoms. The number of ether oxygens (including phenoxy) is 1. The average Bonchev–Trinajstić information content (AvgIpc) is 2.40. The maximum absolute atomic E-state index is 11.4. The predicted molar refractivity (Wildman–Crippen MR) is 70.2 cm³/mol. The monoisotopic (exact) mass is 242 g/mol. The van der Waals surface area contributed by atoms with Crippen molar-refractivity contribution in [3.63, 3.8) is 0 Å². The van der Waals surface area contributed by atoms with E-state index in [9.17, 15) is 4.79 Å². The first-order chi connectivity index (χ1) is 8.79. The fourth-order valence-electron chi connectivity index (χ4n) is 1.64. The summed E-state index contributed by atoms with van der Waals surface area (Å²) in [6.07, 6.45) is 3.52. The number of amides is 1. The van der Waals surface area contributed by atoms with Crippen molar-refractivity contribution in [3.8, 4) is 11.1 Å². The molecular weight excluding hydrogens is 228 g/mol. The van der Waals surface area contributed by atoms with E-state index in [-0.39, 0.29) is 12.5 Å². The van der Waals surface area contributed by atoms with E-state index in [1.165, 1.54) is 7.11 Å². The Balaban J connectivity index is 2.18. The Morgan fingerprint density at radius 1 is 1.28 bits per heavy atom. The SMILES string of the molecule is COCC(=O)Nc1cccc(-c2cccnc2)c1. The fourth-order valence-corrected chi connectivity index (χ4v) is 1.64. The minimum atomic E-state index is -0.166. The van der Waals surface area contributed by atoms with Crippen LogP contribution in [0.4, 0.5) is 5.69 Å². The lowest BCUT2D eigenvalue weighted by atomic mass is 10.1. The molecule has 0 aliphatic carbocycles. The molecule has 1 aromatic carbocycles. The van der Waals surface area contributed by atoms with E-state index in [0.717, 1.165) is 16.8 Å². The van der Waals surface area contributed by atoms with Crippen molar-refractivity contribution in [2.24, 2.45) is 0 Å². The van der Waals surface area contributed by atoms with Crippen molar-refractivity contribution >= 4 is 11.6 Å². The smallest absolute Gasteiger partial charge is 0.250 e. The molecule has 2 aromatic rings. The van der Waals surface area contributed by atoms with E-state index in [0.29, 0.717) is 0 Å². The molecule has 0 spiro atoms. The van der Waals surface area contributed by atoms with Gasteiger partial charge in [-0.2, -0.15) is 0 Å². The Kier molecular flexibility index (Phi) is 4.04. The zero-order valence-electron chi connectivity index (χ0n) is 10.1. The van der Waals surface area contributed by atoms with Crippen LogP contribution in [0.5, 0.6) is 0 Å². The molecule has 0 aliphatic rings. The van der Waals surface area contributed by atoms with Crippen LogP contribution in [0.3, 0.4) is 0 Å². The molecular formula is C14H14N2O2. The molecule has 0 saturated carbocycles. The number of hydrogen-bond acceptors (Lipinski definition) is 3. The third-order valence-corrected chi connectivity index (χ3v) is 2.42. The van der Waals surface area contributed by atoms with Crippen LogP contribution in [0.1, 0.15) is 0 Å². The van der Waals surface area contributed by atoms with Crippen molar-refractivity contribution in [2.75, 3.05) is 19.0 Å². The summed E-state index contributed by atoms with van der Waals surface area (Å²) in [5, 5.41) is 2.77. The number of nitrogens with zero attached hydrogens (tertiary/aromatic N) is 1. The Morgan fingerprint density at radius 3 is 2.83 bits per heavy atom. The van der Waals surface area contributed by atoms with Crippen LogP contribution in [0.25, 0.3) is 11.1 Å². The molecule has 0 saturated heterocycles. The van der Waals surface area contributed by atoms with Gasteiger partial charge in [-0.1, -0.05) is 18.2 Å². The number of anilines is 1. The first-order valence-corrected chi connectivity index (χ1v) is 5.59. The fraction of sp³-hybridized carbons (Fsp3) is 0.143. The summed E-state index contributed by atoms with van der Waals surface area (Å²) in [6, 6.07) is 11.5. The number of nitrogens with one attached hydrogen (secondary N) is 1. The molecule has 0 fully saturated rings. The molecule has 4 nitrogen and oxygen atoms in total. The maximum atomic E-state index is 11.4. The first kappa shape index (κ1) is 12.3. The molecule has 1 amide bonds. The third kappa shape index (κ3) is 3.15. The van der Waals surface area contributed by atoms with Gasteiger partial charge in [0, 0.05) is 30.8 Å². The topological polar surface area (TPSA) is 51.2 Å². The van der Waals surface area contributed by atoms with Gasteiger partial charge in [-0.25, -0.2) is 0 Å². The molecule has 0 radical (unpaired) electrons. The number of methoxy groups -OCH3 is 1. The molecule has 1 N–H and O–H groups in total. The van der Waals surface area contributed by atoms with Gasteiger partial charge in [0.05, 0.1) is 0 Å². The van der Waals surface area contributed by atoms with Gasteiger partial charge in [-0.3, -0.25) is 9.78 Å². The Hall–Kier alpha value is -2.20. The Labute approximate surface area is 106 Å². The predicted octanol–water partition coefficient (Wildman–Crippen LogP) is 2.33. The lowest BCUT2D eigenvalue weighted by Crippen LogP contribution is -2.16. The molecule has 0 unspecified atom stereocenters. The molecule has 4 heteroatoms. The molecule has 92 valence electrons. The highest BCUT2D eigenvalue weighted by molar-refractivity contribution is 5.92. The van der Waals surface area contributed by atoms with E-state index in [1.54, 1.807) is 12.4 Å². The minimum absolute atomic E-state index is 0.0527. The number of pyridine rings is 1. The van der Waals surface area contributed by atoms with Crippen LogP contribution in [0.15, 0.2) is 48.8 Å². The van der Waals surface area contributed by atoms with Gasteiger partial charge in [0.2, 0.25) is 5.91 Å². The molecule has 1 heterocycles. The van der Waals surface area contributed by atoms with E-state index < -0.39 is 0 Å². The summed E-state index contributed by atoms with van der Waals surface area (Å²) < 4.78 is 4.77. The van der Waals surface area contributed by atoms with Gasteiger partial charge in [0.15, 0.2) is 0 Å². The molecule has 0 bridgehead atoms. The Morgan fingerprint density at radius 2 is 2.11 bits per heavy atom. The normalized spacial score (nSPS) is 10.1. The van der Waals surface area contributed by atoms with Crippen LogP contribution in [0, 0.1) is 0 Å². The van der Waals surface area contributed by atoms with Gasteiger partial charge in [0.25, 0.3) is 0 Å². The summed E-state index contributed by atoms with van der Waals surface area (Å²) in [7, 11) is 1.49. The zero-order valence-corrected chi connectivity index (χ0v) is 10.1. The van der Waals surface area contributed by atoms with Crippen LogP contribution in [-0.2, 0) is 9.53 Å². The molecule has 0 atom stereocenters. The van der Waals surface area contributed by atoms with Crippen LogP contribution in [-0.4, -0.2) is 24.6 Å². The molecule has 2 rings (SSSR count). The maximum Gasteiger partial charge on any atom is 0.250 e. The average molecular weight is 242 g/mol. The minimum Gasteiger partial charge on any atom is -0.375 e. The summed E-state index contributed by atoms with van der Waals surface area (Å²) in [5.74, 6) is -0.166. The second-order valence-electron chi connectivity index (χ2n) is 3.80. The van der Waals surface area contributed by atoms with Crippen molar-refractivity contribution in [3.05, 3.63) is 48.8 Å². The second kappa shape index (κ2) is 5.93. The van der Waals surface area contributed by atoms with Crippen molar-refractivity contribution < 1.29 is 9.53 Å². The number of carbonyl (C=O) groups is 1. The lowest BCUT2D eigenvalue weighted by molar-refractivity contribution is -0.119. The highest BCUT2D eigenvalue weighted by Gasteiger charge is 2.03. The van der Waals surface area contributed by atoms with Gasteiger partial charge in [-0.05, 0) is 23.8 Å². The summed E-state index contributed by atoms with van der Waals surface area (Å²) in [6.45, 7) is 0.0527. The Bertz CT molecular complexity index is 526. The molecule has 1 aromatic heterocycles. The summed E-state index contributed by atoms with van der Waals surface area (Å²) in [5.41, 5.74) is 2.78. The number of aromatic nitrogens is 1. The van der Waals surface area contributed by atoms with Crippen LogP contribution >= 0.6 is 0 Å². The zero-order chi connectivity index (χ0) is 12.8. The van der Waals surface area contributed by atoms with E-state index in [1.807, 2.05) is 36.4 Å². The number of hydrogen-bond donors (Lipinski definition) is 1. The van der Waals surface area contributed by atoms with Gasteiger partial charge < -0.3 is 10.1 Å². The second-order valence-corrected chi connectivity index (χ2v) is 3.80. The van der Waals surface area contributed by atoms with Crippen LogP contribution in [0.2, 0.25) is 0 Å². The quantitative estimate of drug-likeness (QED) is 0.895. The summed E-state index contributed by atoms with van der Waals surface area (Å²) >= 11 is 0. The van der Waals surface area contributed by atoms with E-state index in [2.05, 4.69) is 10.3 Å². The highest BCUT2D eigenvalue weighted by atomic mass is 16.5. The van der Waals surface area contributed by atoms with Gasteiger partial charge in [-0.15, -0.1) is 0 Å². The lowest BCUT2D eigenvalue weighted by Gasteiger charge is -2.07. The van der Waals surface area contributed by atoms with Gasteiger partial charge >= 0.3 is 0 Å². The summed E-state index contributed by atoms with van der Waals surface area (Å²) in [4.78, 5) is 15.5. The first-order valence-electron chi connectivity index (χ1n) is 5.59. The highest BCUT2D eigenvalue weighted by Crippen LogP contribution is 2.21. The van der Waals surface area contributed by atoms with Crippen molar-refractivity contribution in [1.82, 2.24) is 4.98 Å². The standard InChI is InChI=1S/C14H14N2O2/c1-18-10-14(17)16-13-6-2-4-11(8-13)12-5-3-7-15-9-12/h2-9H,10H2,1H3,(H,16,17). The van der Waals surface area contributed by atoms with Crippen molar-refractivity contribution in [1.29, 1.82) is 0 Å². The number of carbonyl (C=O) groups excluding carboxylic acids is 1. The number of benzene rings is 1. The van der Waals surface area contributed by atoms with E-state index in [4.69, 9.17) is 4.74 Å². The van der Waals surface area contributed by atoms with E-state index >= 15 is 0 Å². The van der Waals surface area contributed by atoms with Crippen LogP contribution < -0.4 is 5.32 Å². The third-order valence-electron chi connectivity index (χ3n) is 2.42.